The van der Waals surface area contributed by atoms with Crippen molar-refractivity contribution in [1.82, 2.24) is 15.2 Å². The van der Waals surface area contributed by atoms with E-state index in [2.05, 4.69) is 20.5 Å². The van der Waals surface area contributed by atoms with Crippen molar-refractivity contribution in [3.8, 4) is 22.9 Å². The second-order valence-corrected chi connectivity index (χ2v) is 6.98. The van der Waals surface area contributed by atoms with Crippen molar-refractivity contribution in [3.63, 3.8) is 0 Å². The average molecular weight is 419 g/mol. The number of halogens is 1. The molecule has 146 valence electrons. The highest BCUT2D eigenvalue weighted by Crippen LogP contribution is 2.31. The number of aromatic nitrogens is 3. The van der Waals surface area contributed by atoms with Crippen LogP contribution in [-0.4, -0.2) is 40.6 Å². The number of aromatic amines is 1. The first-order valence-corrected chi connectivity index (χ1v) is 9.87. The average Bonchev–Trinajstić information content (AvgIpc) is 3.17. The van der Waals surface area contributed by atoms with Crippen LogP contribution in [0.1, 0.15) is 6.92 Å². The van der Waals surface area contributed by atoms with Gasteiger partial charge in [0.05, 0.1) is 25.0 Å². The molecule has 0 aliphatic heterocycles. The Kier molecular flexibility index (Phi) is 6.78. The molecule has 0 radical (unpaired) electrons. The van der Waals surface area contributed by atoms with E-state index in [0.717, 1.165) is 5.75 Å². The molecule has 28 heavy (non-hydrogen) atoms. The fourth-order valence-corrected chi connectivity index (χ4v) is 3.20. The highest BCUT2D eigenvalue weighted by Gasteiger charge is 2.13. The van der Waals surface area contributed by atoms with E-state index in [1.165, 1.54) is 11.8 Å². The number of rotatable bonds is 8. The summed E-state index contributed by atoms with van der Waals surface area (Å²) in [5, 5.41) is 10.8. The fraction of sp³-hybridized carbons (Fsp3) is 0.211. The van der Waals surface area contributed by atoms with Gasteiger partial charge in [0.2, 0.25) is 11.1 Å². The summed E-state index contributed by atoms with van der Waals surface area (Å²) in [7, 11) is 1.57. The number of ether oxygens (including phenoxy) is 2. The molecule has 2 aromatic carbocycles. The van der Waals surface area contributed by atoms with E-state index < -0.39 is 0 Å². The molecule has 1 amide bonds. The number of amides is 1. The van der Waals surface area contributed by atoms with E-state index in [1.54, 1.807) is 37.4 Å². The first-order valence-electron chi connectivity index (χ1n) is 8.51. The number of nitrogens with zero attached hydrogens (tertiary/aromatic N) is 2. The van der Waals surface area contributed by atoms with Gasteiger partial charge in [-0.25, -0.2) is 4.98 Å². The van der Waals surface area contributed by atoms with Crippen molar-refractivity contribution in [2.75, 3.05) is 24.8 Å². The van der Waals surface area contributed by atoms with Gasteiger partial charge in [0.15, 0.2) is 5.82 Å². The summed E-state index contributed by atoms with van der Waals surface area (Å²) >= 11 is 7.28. The minimum atomic E-state index is -0.152. The number of methoxy groups -OCH3 is 1. The molecule has 0 saturated carbocycles. The Morgan fingerprint density at radius 1 is 1.25 bits per heavy atom. The van der Waals surface area contributed by atoms with Gasteiger partial charge >= 0.3 is 0 Å². The van der Waals surface area contributed by atoms with Crippen molar-refractivity contribution in [1.29, 1.82) is 0 Å². The number of carbonyl (C=O) groups is 1. The van der Waals surface area contributed by atoms with Gasteiger partial charge in [-0.1, -0.05) is 23.4 Å². The molecule has 0 spiro atoms. The summed E-state index contributed by atoms with van der Waals surface area (Å²) in [6.07, 6.45) is 0. The van der Waals surface area contributed by atoms with E-state index in [-0.39, 0.29) is 11.7 Å². The van der Waals surface area contributed by atoms with Crippen LogP contribution in [0.3, 0.4) is 0 Å². The molecule has 0 aliphatic rings. The molecule has 1 heterocycles. The monoisotopic (exact) mass is 418 g/mol. The third-order valence-electron chi connectivity index (χ3n) is 3.66. The first-order chi connectivity index (χ1) is 13.6. The molecule has 2 N–H and O–H groups in total. The lowest BCUT2D eigenvalue weighted by molar-refractivity contribution is -0.113. The summed E-state index contributed by atoms with van der Waals surface area (Å²) in [4.78, 5) is 16.6. The van der Waals surface area contributed by atoms with Crippen LogP contribution < -0.4 is 14.8 Å². The first kappa shape index (κ1) is 20.0. The van der Waals surface area contributed by atoms with E-state index >= 15 is 0 Å². The minimum absolute atomic E-state index is 0.152. The molecule has 3 aromatic rings. The highest BCUT2D eigenvalue weighted by atomic mass is 35.5. The van der Waals surface area contributed by atoms with Crippen molar-refractivity contribution in [2.45, 2.75) is 12.1 Å². The normalized spacial score (nSPS) is 10.5. The Labute approximate surface area is 171 Å². The number of hydrogen-bond donors (Lipinski definition) is 2. The van der Waals surface area contributed by atoms with Gasteiger partial charge in [-0.2, -0.15) is 0 Å². The van der Waals surface area contributed by atoms with Crippen LogP contribution in [0.15, 0.2) is 47.6 Å². The molecule has 3 rings (SSSR count). The molecule has 0 fully saturated rings. The largest absolute Gasteiger partial charge is 0.496 e. The van der Waals surface area contributed by atoms with Crippen LogP contribution in [0.4, 0.5) is 5.69 Å². The van der Waals surface area contributed by atoms with Crippen molar-refractivity contribution in [3.05, 3.63) is 47.5 Å². The summed E-state index contributed by atoms with van der Waals surface area (Å²) in [6, 6.07) is 12.5. The van der Waals surface area contributed by atoms with Crippen LogP contribution in [0.2, 0.25) is 5.02 Å². The number of benzene rings is 2. The number of hydrogen-bond acceptors (Lipinski definition) is 6. The molecule has 0 atom stereocenters. The topological polar surface area (TPSA) is 89.1 Å². The second-order valence-electron chi connectivity index (χ2n) is 5.61. The zero-order valence-corrected chi connectivity index (χ0v) is 16.9. The Morgan fingerprint density at radius 2 is 2.04 bits per heavy atom. The summed E-state index contributed by atoms with van der Waals surface area (Å²) in [6.45, 7) is 2.52. The van der Waals surface area contributed by atoms with Crippen molar-refractivity contribution < 1.29 is 14.3 Å². The van der Waals surface area contributed by atoms with Gasteiger partial charge in [-0.15, -0.1) is 5.10 Å². The van der Waals surface area contributed by atoms with Gasteiger partial charge in [0, 0.05) is 10.7 Å². The SMILES string of the molecule is CCOc1ccc(NC(=O)CSc2n[nH]c(-c3cc(Cl)ccc3OC)n2)cc1. The number of nitrogens with one attached hydrogen (secondary N) is 2. The summed E-state index contributed by atoms with van der Waals surface area (Å²) in [5.74, 6) is 1.94. The minimum Gasteiger partial charge on any atom is -0.496 e. The van der Waals surface area contributed by atoms with Gasteiger partial charge in [-0.05, 0) is 49.4 Å². The lowest BCUT2D eigenvalue weighted by atomic mass is 10.2. The second kappa shape index (κ2) is 9.48. The van der Waals surface area contributed by atoms with E-state index in [0.29, 0.717) is 39.6 Å². The molecule has 9 heteroatoms. The van der Waals surface area contributed by atoms with Crippen molar-refractivity contribution in [2.24, 2.45) is 0 Å². The van der Waals surface area contributed by atoms with Crippen LogP contribution in [0, 0.1) is 0 Å². The molecule has 0 aliphatic carbocycles. The lowest BCUT2D eigenvalue weighted by Gasteiger charge is -2.06. The third kappa shape index (κ3) is 5.17. The molecular formula is C19H19ClN4O3S. The van der Waals surface area contributed by atoms with Gasteiger partial charge in [-0.3, -0.25) is 9.89 Å². The molecule has 1 aromatic heterocycles. The quantitative estimate of drug-likeness (QED) is 0.531. The third-order valence-corrected chi connectivity index (χ3v) is 4.75. The van der Waals surface area contributed by atoms with Gasteiger partial charge in [0.1, 0.15) is 11.5 Å². The predicted octanol–water partition coefficient (Wildman–Crippen LogP) is 4.26. The van der Waals surface area contributed by atoms with E-state index in [4.69, 9.17) is 21.1 Å². The summed E-state index contributed by atoms with van der Waals surface area (Å²) < 4.78 is 10.7. The maximum absolute atomic E-state index is 12.2. The zero-order chi connectivity index (χ0) is 19.9. The number of carbonyl (C=O) groups excluding carboxylic acids is 1. The van der Waals surface area contributed by atoms with Crippen molar-refractivity contribution >= 4 is 35.0 Å². The van der Waals surface area contributed by atoms with Crippen LogP contribution in [-0.2, 0) is 4.79 Å². The maximum Gasteiger partial charge on any atom is 0.234 e. The molecule has 7 nitrogen and oxygen atoms in total. The predicted molar refractivity (Wildman–Crippen MR) is 110 cm³/mol. The molecule has 0 saturated heterocycles. The smallest absolute Gasteiger partial charge is 0.234 e. The Morgan fingerprint density at radius 3 is 2.75 bits per heavy atom. The zero-order valence-electron chi connectivity index (χ0n) is 15.4. The molecule has 0 bridgehead atoms. The fourth-order valence-electron chi connectivity index (χ4n) is 2.43. The van der Waals surface area contributed by atoms with Crippen LogP contribution >= 0.6 is 23.4 Å². The van der Waals surface area contributed by atoms with Crippen LogP contribution in [0.5, 0.6) is 11.5 Å². The van der Waals surface area contributed by atoms with Crippen LogP contribution in [0.25, 0.3) is 11.4 Å². The Balaban J connectivity index is 1.58. The Hall–Kier alpha value is -2.71. The van der Waals surface area contributed by atoms with E-state index in [9.17, 15) is 4.79 Å². The number of H-pyrrole nitrogens is 1. The van der Waals surface area contributed by atoms with E-state index in [1.807, 2.05) is 19.1 Å². The van der Waals surface area contributed by atoms with Gasteiger partial charge < -0.3 is 14.8 Å². The lowest BCUT2D eigenvalue weighted by Crippen LogP contribution is -2.14. The maximum atomic E-state index is 12.2. The Bertz CT molecular complexity index is 947. The standard InChI is InChI=1S/C19H19ClN4O3S/c1-3-27-14-7-5-13(6-8-14)21-17(25)11-28-19-22-18(23-24-19)15-10-12(20)4-9-16(15)26-2/h4-10H,3,11H2,1-2H3,(H,21,25)(H,22,23,24). The molecule has 0 unspecified atom stereocenters. The summed E-state index contributed by atoms with van der Waals surface area (Å²) in [5.41, 5.74) is 1.40. The number of thioether (sulfide) groups is 1. The van der Waals surface area contributed by atoms with Gasteiger partial charge in [0.25, 0.3) is 0 Å². The molecular weight excluding hydrogens is 400 g/mol. The number of anilines is 1. The highest BCUT2D eigenvalue weighted by molar-refractivity contribution is 7.99.